The second-order valence-corrected chi connectivity index (χ2v) is 7.68. The van der Waals surface area contributed by atoms with Crippen molar-refractivity contribution in [2.75, 3.05) is 13.2 Å². The highest BCUT2D eigenvalue weighted by atomic mass is 32.1. The molecule has 0 aliphatic carbocycles. The van der Waals surface area contributed by atoms with Crippen molar-refractivity contribution in [3.8, 4) is 0 Å². The summed E-state index contributed by atoms with van der Waals surface area (Å²) in [5, 5.41) is 2.16. The van der Waals surface area contributed by atoms with Gasteiger partial charge in [0, 0.05) is 36.4 Å². The van der Waals surface area contributed by atoms with Crippen LogP contribution in [0.3, 0.4) is 0 Å². The van der Waals surface area contributed by atoms with Gasteiger partial charge in [0.1, 0.15) is 0 Å². The van der Waals surface area contributed by atoms with Crippen LogP contribution in [0, 0.1) is 0 Å². The van der Waals surface area contributed by atoms with Crippen molar-refractivity contribution in [2.24, 2.45) is 0 Å². The Hall–Kier alpha value is -1.27. The van der Waals surface area contributed by atoms with Gasteiger partial charge in [-0.3, -0.25) is 9.88 Å². The molecule has 4 heterocycles. The van der Waals surface area contributed by atoms with Crippen LogP contribution in [0.15, 0.2) is 42.0 Å². The minimum atomic E-state index is 0.245. The number of nitrogens with zero attached hydrogens (tertiary/aromatic N) is 2. The lowest BCUT2D eigenvalue weighted by Crippen LogP contribution is -2.43. The molecule has 5 heteroatoms. The van der Waals surface area contributed by atoms with E-state index in [1.807, 2.05) is 23.5 Å². The normalized spacial score (nSPS) is 27.2. The quantitative estimate of drug-likeness (QED) is 0.803. The lowest BCUT2D eigenvalue weighted by molar-refractivity contribution is -0.102. The topological polar surface area (TPSA) is 34.6 Å². The molecule has 24 heavy (non-hydrogen) atoms. The molecule has 4 rings (SSSR count). The molecule has 0 bridgehead atoms. The van der Waals surface area contributed by atoms with Gasteiger partial charge < -0.3 is 9.47 Å². The predicted molar refractivity (Wildman–Crippen MR) is 94.9 cm³/mol. The van der Waals surface area contributed by atoms with Gasteiger partial charge in [0.25, 0.3) is 0 Å². The van der Waals surface area contributed by atoms with Crippen molar-refractivity contribution in [1.29, 1.82) is 0 Å². The lowest BCUT2D eigenvalue weighted by atomic mass is 9.99. The molecule has 2 aromatic rings. The van der Waals surface area contributed by atoms with Crippen LogP contribution in [0.1, 0.15) is 29.7 Å². The molecule has 0 spiro atoms. The fourth-order valence-electron chi connectivity index (χ4n) is 3.79. The number of rotatable bonds is 6. The van der Waals surface area contributed by atoms with Crippen LogP contribution in [0.2, 0.25) is 0 Å². The van der Waals surface area contributed by atoms with Gasteiger partial charge in [0.15, 0.2) is 0 Å². The summed E-state index contributed by atoms with van der Waals surface area (Å²) in [5.41, 5.74) is 1.17. The Kier molecular flexibility index (Phi) is 5.23. The summed E-state index contributed by atoms with van der Waals surface area (Å²) in [5.74, 6) is 0. The van der Waals surface area contributed by atoms with E-state index in [-0.39, 0.29) is 6.10 Å². The third-order valence-corrected chi connectivity index (χ3v) is 5.87. The summed E-state index contributed by atoms with van der Waals surface area (Å²) in [6, 6.07) is 8.95. The van der Waals surface area contributed by atoms with E-state index >= 15 is 0 Å². The van der Waals surface area contributed by atoms with E-state index in [0.717, 1.165) is 25.9 Å². The minimum absolute atomic E-state index is 0.245. The first-order chi connectivity index (χ1) is 11.9. The predicted octanol–water partition coefficient (Wildman–Crippen LogP) is 3.48. The molecule has 4 nitrogen and oxygen atoms in total. The Labute approximate surface area is 147 Å². The number of thiophene rings is 1. The Balaban J connectivity index is 1.23. The molecule has 0 saturated carbocycles. The maximum Gasteiger partial charge on any atom is 0.0813 e. The van der Waals surface area contributed by atoms with Crippen LogP contribution in [0.5, 0.6) is 0 Å². The van der Waals surface area contributed by atoms with Crippen molar-refractivity contribution in [2.45, 2.75) is 50.7 Å². The standard InChI is InChI=1S/C19H24N2O2S/c1-2-17(24-11-1)12-21-10-7-19-18(21)4-3-16(23-19)14-22-13-15-5-8-20-9-6-15/h1-2,5-6,8-9,11,16,18-19H,3-4,7,10,12-14H2/t16-,18+,19+/m0/s1. The average Bonchev–Trinajstić information content (AvgIpc) is 3.26. The molecule has 3 atom stereocenters. The highest BCUT2D eigenvalue weighted by molar-refractivity contribution is 7.09. The molecule has 0 amide bonds. The number of pyridine rings is 1. The summed E-state index contributed by atoms with van der Waals surface area (Å²) in [4.78, 5) is 8.09. The second-order valence-electron chi connectivity index (χ2n) is 6.65. The number of ether oxygens (including phenoxy) is 2. The first kappa shape index (κ1) is 16.2. The van der Waals surface area contributed by atoms with Crippen LogP contribution in [-0.4, -0.2) is 41.3 Å². The van der Waals surface area contributed by atoms with Crippen molar-refractivity contribution >= 4 is 11.3 Å². The number of hydrogen-bond donors (Lipinski definition) is 0. The molecule has 2 aliphatic heterocycles. The fourth-order valence-corrected chi connectivity index (χ4v) is 4.52. The summed E-state index contributed by atoms with van der Waals surface area (Å²) >= 11 is 1.85. The Morgan fingerprint density at radius 1 is 1.21 bits per heavy atom. The third-order valence-electron chi connectivity index (χ3n) is 5.01. The highest BCUT2D eigenvalue weighted by Crippen LogP contribution is 2.33. The van der Waals surface area contributed by atoms with E-state index in [0.29, 0.717) is 25.4 Å². The molecule has 128 valence electrons. The summed E-state index contributed by atoms with van der Waals surface area (Å²) in [6.45, 7) is 3.56. The van der Waals surface area contributed by atoms with Gasteiger partial charge in [-0.25, -0.2) is 0 Å². The zero-order valence-corrected chi connectivity index (χ0v) is 14.7. The van der Waals surface area contributed by atoms with Crippen LogP contribution in [-0.2, 0) is 22.6 Å². The van der Waals surface area contributed by atoms with Crippen molar-refractivity contribution in [3.05, 3.63) is 52.5 Å². The molecule has 2 aliphatic rings. The molecule has 2 saturated heterocycles. The molecule has 0 radical (unpaired) electrons. The summed E-state index contributed by atoms with van der Waals surface area (Å²) in [7, 11) is 0. The van der Waals surface area contributed by atoms with Gasteiger partial charge in [0.2, 0.25) is 0 Å². The molecular weight excluding hydrogens is 320 g/mol. The monoisotopic (exact) mass is 344 g/mol. The van der Waals surface area contributed by atoms with Crippen LogP contribution in [0.25, 0.3) is 0 Å². The van der Waals surface area contributed by atoms with Crippen molar-refractivity contribution < 1.29 is 9.47 Å². The highest BCUT2D eigenvalue weighted by Gasteiger charge is 2.39. The first-order valence-corrected chi connectivity index (χ1v) is 9.65. The second kappa shape index (κ2) is 7.74. The average molecular weight is 344 g/mol. The van der Waals surface area contributed by atoms with E-state index in [2.05, 4.69) is 27.4 Å². The minimum Gasteiger partial charge on any atom is -0.374 e. The zero-order valence-electron chi connectivity index (χ0n) is 13.8. The Bertz CT molecular complexity index is 620. The van der Waals surface area contributed by atoms with E-state index in [1.165, 1.54) is 16.9 Å². The van der Waals surface area contributed by atoms with Crippen LogP contribution in [0.4, 0.5) is 0 Å². The van der Waals surface area contributed by atoms with Gasteiger partial charge in [-0.2, -0.15) is 0 Å². The molecule has 0 aromatic carbocycles. The maximum absolute atomic E-state index is 6.32. The Morgan fingerprint density at radius 3 is 2.96 bits per heavy atom. The van der Waals surface area contributed by atoms with Gasteiger partial charge in [0.05, 0.1) is 25.4 Å². The van der Waals surface area contributed by atoms with Gasteiger partial charge >= 0.3 is 0 Å². The first-order valence-electron chi connectivity index (χ1n) is 8.77. The van der Waals surface area contributed by atoms with E-state index in [9.17, 15) is 0 Å². The van der Waals surface area contributed by atoms with Gasteiger partial charge in [-0.05, 0) is 48.4 Å². The van der Waals surface area contributed by atoms with Gasteiger partial charge in [-0.1, -0.05) is 6.07 Å². The molecule has 0 unspecified atom stereocenters. The number of hydrogen-bond acceptors (Lipinski definition) is 5. The third kappa shape index (κ3) is 3.86. The van der Waals surface area contributed by atoms with Crippen LogP contribution < -0.4 is 0 Å². The SMILES string of the molecule is c1csc(CN2CC[C@H]3O[C@H](COCc4ccncc4)CC[C@H]32)c1. The molecular formula is C19H24N2O2S. The smallest absolute Gasteiger partial charge is 0.0813 e. The molecule has 2 fully saturated rings. The largest absolute Gasteiger partial charge is 0.374 e. The van der Waals surface area contributed by atoms with E-state index < -0.39 is 0 Å². The molecule has 0 N–H and O–H groups in total. The van der Waals surface area contributed by atoms with Crippen molar-refractivity contribution in [1.82, 2.24) is 9.88 Å². The maximum atomic E-state index is 6.32. The number of aromatic nitrogens is 1. The summed E-state index contributed by atoms with van der Waals surface area (Å²) < 4.78 is 12.2. The molecule has 2 aromatic heterocycles. The van der Waals surface area contributed by atoms with Gasteiger partial charge in [-0.15, -0.1) is 11.3 Å². The van der Waals surface area contributed by atoms with Crippen LogP contribution >= 0.6 is 11.3 Å². The van der Waals surface area contributed by atoms with Crippen molar-refractivity contribution in [3.63, 3.8) is 0 Å². The summed E-state index contributed by atoms with van der Waals surface area (Å²) in [6.07, 6.45) is 7.71. The van der Waals surface area contributed by atoms with E-state index in [1.54, 1.807) is 12.4 Å². The van der Waals surface area contributed by atoms with E-state index in [4.69, 9.17) is 9.47 Å². The fraction of sp³-hybridized carbons (Fsp3) is 0.526. The Morgan fingerprint density at radius 2 is 2.12 bits per heavy atom. The lowest BCUT2D eigenvalue weighted by Gasteiger charge is -2.35. The zero-order chi connectivity index (χ0) is 16.2. The number of fused-ring (bicyclic) bond motifs is 1. The number of likely N-dealkylation sites (tertiary alicyclic amines) is 1.